The van der Waals surface area contributed by atoms with E-state index in [2.05, 4.69) is 17.0 Å². The Morgan fingerprint density at radius 3 is 2.33 bits per heavy atom. The van der Waals surface area contributed by atoms with Gasteiger partial charge < -0.3 is 9.64 Å². The lowest BCUT2D eigenvalue weighted by atomic mass is 10.1. The minimum atomic E-state index is -3.61. The van der Waals surface area contributed by atoms with Crippen molar-refractivity contribution in [1.82, 2.24) is 14.1 Å². The number of benzene rings is 2. The van der Waals surface area contributed by atoms with E-state index in [9.17, 15) is 13.2 Å². The number of carbonyl (C=O) groups is 1. The van der Waals surface area contributed by atoms with Gasteiger partial charge in [0.2, 0.25) is 10.0 Å². The normalized spacial score (nSPS) is 15.5. The smallest absolute Gasteiger partial charge is 0.254 e. The lowest BCUT2D eigenvalue weighted by molar-refractivity contribution is 0.0760. The van der Waals surface area contributed by atoms with Crippen molar-refractivity contribution in [3.63, 3.8) is 0 Å². The van der Waals surface area contributed by atoms with Crippen molar-refractivity contribution in [2.24, 2.45) is 0 Å². The first-order valence-corrected chi connectivity index (χ1v) is 13.0. The fraction of sp³-hybridized carbons (Fsp3) is 0.480. The summed E-state index contributed by atoms with van der Waals surface area (Å²) < 4.78 is 32.6. The number of rotatable bonds is 8. The van der Waals surface area contributed by atoms with Crippen LogP contribution in [0.25, 0.3) is 0 Å². The summed E-state index contributed by atoms with van der Waals surface area (Å²) in [5.41, 5.74) is 2.46. The van der Waals surface area contributed by atoms with Crippen LogP contribution in [-0.2, 0) is 16.6 Å². The van der Waals surface area contributed by atoms with Crippen molar-refractivity contribution < 1.29 is 17.9 Å². The topological polar surface area (TPSA) is 70.2 Å². The van der Waals surface area contributed by atoms with Gasteiger partial charge in [-0.15, -0.1) is 0 Å². The van der Waals surface area contributed by atoms with Crippen molar-refractivity contribution in [2.75, 3.05) is 46.4 Å². The Balaban J connectivity index is 1.72. The fourth-order valence-corrected chi connectivity index (χ4v) is 5.68. The molecule has 0 saturated carbocycles. The number of nitrogens with zero attached hydrogens (tertiary/aromatic N) is 3. The van der Waals surface area contributed by atoms with Crippen molar-refractivity contribution >= 4 is 15.9 Å². The number of ether oxygens (including phenoxy) is 1. The standard InChI is InChI=1S/C25H35N3O4S/c1-5-28(6-2)33(30,31)23-13-8-20(3)24(18-23)25(29)27-15-7-14-26(16-17-27)19-21-9-11-22(32-4)12-10-21/h8-13,18H,5-7,14-17,19H2,1-4H3. The number of sulfonamides is 1. The fourth-order valence-electron chi connectivity index (χ4n) is 4.20. The van der Waals surface area contributed by atoms with Gasteiger partial charge in [0.25, 0.3) is 5.91 Å². The van der Waals surface area contributed by atoms with Crippen LogP contribution in [-0.4, -0.2) is 74.8 Å². The van der Waals surface area contributed by atoms with Crippen LogP contribution in [0.4, 0.5) is 0 Å². The molecular weight excluding hydrogens is 438 g/mol. The van der Waals surface area contributed by atoms with Crippen LogP contribution >= 0.6 is 0 Å². The van der Waals surface area contributed by atoms with E-state index >= 15 is 0 Å². The van der Waals surface area contributed by atoms with Crippen LogP contribution in [0.2, 0.25) is 0 Å². The number of methoxy groups -OCH3 is 1. The van der Waals surface area contributed by atoms with Gasteiger partial charge in [0.1, 0.15) is 5.75 Å². The molecule has 8 heteroatoms. The Morgan fingerprint density at radius 2 is 1.70 bits per heavy atom. The number of aryl methyl sites for hydroxylation is 1. The number of hydrogen-bond acceptors (Lipinski definition) is 5. The van der Waals surface area contributed by atoms with Crippen LogP contribution in [0.15, 0.2) is 47.4 Å². The Kier molecular flexibility index (Phi) is 8.51. The van der Waals surface area contributed by atoms with Gasteiger partial charge in [0, 0.05) is 51.4 Å². The highest BCUT2D eigenvalue weighted by molar-refractivity contribution is 7.89. The van der Waals surface area contributed by atoms with E-state index < -0.39 is 10.0 Å². The summed E-state index contributed by atoms with van der Waals surface area (Å²) in [5, 5.41) is 0. The molecule has 33 heavy (non-hydrogen) atoms. The zero-order chi connectivity index (χ0) is 24.0. The second-order valence-electron chi connectivity index (χ2n) is 8.34. The largest absolute Gasteiger partial charge is 0.497 e. The van der Waals surface area contributed by atoms with E-state index in [0.717, 1.165) is 37.4 Å². The summed E-state index contributed by atoms with van der Waals surface area (Å²) in [5.74, 6) is 0.738. The van der Waals surface area contributed by atoms with Gasteiger partial charge in [-0.05, 0) is 48.7 Å². The van der Waals surface area contributed by atoms with E-state index in [1.54, 1.807) is 25.3 Å². The second-order valence-corrected chi connectivity index (χ2v) is 10.3. The van der Waals surface area contributed by atoms with Gasteiger partial charge in [0.15, 0.2) is 0 Å². The van der Waals surface area contributed by atoms with Crippen LogP contribution in [0.3, 0.4) is 0 Å². The van der Waals surface area contributed by atoms with Crippen LogP contribution in [0.5, 0.6) is 5.75 Å². The lowest BCUT2D eigenvalue weighted by Gasteiger charge is -2.24. The first kappa shape index (κ1) is 25.2. The summed E-state index contributed by atoms with van der Waals surface area (Å²) in [6.07, 6.45) is 0.873. The minimum Gasteiger partial charge on any atom is -0.497 e. The number of carbonyl (C=O) groups excluding carboxylic acids is 1. The first-order chi connectivity index (χ1) is 15.8. The molecule has 2 aromatic rings. The molecule has 0 aliphatic carbocycles. The molecule has 1 amide bonds. The third kappa shape index (κ3) is 5.93. The SMILES string of the molecule is CCN(CC)S(=O)(=O)c1ccc(C)c(C(=O)N2CCCN(Cc3ccc(OC)cc3)CC2)c1. The Bertz CT molecular complexity index is 1050. The van der Waals surface area contributed by atoms with Gasteiger partial charge in [-0.1, -0.05) is 32.0 Å². The summed E-state index contributed by atoms with van der Waals surface area (Å²) in [4.78, 5) is 17.8. The van der Waals surface area contributed by atoms with Crippen LogP contribution in [0, 0.1) is 6.92 Å². The highest BCUT2D eigenvalue weighted by Crippen LogP contribution is 2.22. The molecule has 0 unspecified atom stereocenters. The molecule has 7 nitrogen and oxygen atoms in total. The summed E-state index contributed by atoms with van der Waals surface area (Å²) in [7, 11) is -1.96. The molecule has 0 radical (unpaired) electrons. The van der Waals surface area contributed by atoms with E-state index in [1.807, 2.05) is 37.8 Å². The minimum absolute atomic E-state index is 0.101. The van der Waals surface area contributed by atoms with Gasteiger partial charge in [-0.2, -0.15) is 4.31 Å². The molecule has 1 heterocycles. The van der Waals surface area contributed by atoms with Crippen LogP contribution < -0.4 is 4.74 Å². The molecule has 1 saturated heterocycles. The molecule has 0 bridgehead atoms. The molecular formula is C25H35N3O4S. The maximum atomic E-state index is 13.4. The molecule has 1 fully saturated rings. The molecule has 0 aromatic heterocycles. The lowest BCUT2D eigenvalue weighted by Crippen LogP contribution is -2.36. The Labute approximate surface area is 198 Å². The number of amides is 1. The van der Waals surface area contributed by atoms with Gasteiger partial charge in [0.05, 0.1) is 12.0 Å². The van der Waals surface area contributed by atoms with Crippen molar-refractivity contribution in [3.05, 3.63) is 59.2 Å². The van der Waals surface area contributed by atoms with E-state index in [4.69, 9.17) is 4.74 Å². The Morgan fingerprint density at radius 1 is 1.00 bits per heavy atom. The third-order valence-corrected chi connectivity index (χ3v) is 8.27. The summed E-state index contributed by atoms with van der Waals surface area (Å²) in [6, 6.07) is 12.9. The van der Waals surface area contributed by atoms with Gasteiger partial charge >= 0.3 is 0 Å². The summed E-state index contributed by atoms with van der Waals surface area (Å²) >= 11 is 0. The van der Waals surface area contributed by atoms with E-state index in [0.29, 0.717) is 31.7 Å². The monoisotopic (exact) mass is 473 g/mol. The van der Waals surface area contributed by atoms with Gasteiger partial charge in [-0.3, -0.25) is 9.69 Å². The summed E-state index contributed by atoms with van der Waals surface area (Å²) in [6.45, 7) is 10.0. The number of hydrogen-bond donors (Lipinski definition) is 0. The predicted molar refractivity (Wildman–Crippen MR) is 130 cm³/mol. The molecule has 2 aromatic carbocycles. The average molecular weight is 474 g/mol. The first-order valence-electron chi connectivity index (χ1n) is 11.6. The van der Waals surface area contributed by atoms with E-state index in [1.165, 1.54) is 9.87 Å². The maximum absolute atomic E-state index is 13.4. The molecule has 180 valence electrons. The van der Waals surface area contributed by atoms with E-state index in [-0.39, 0.29) is 10.8 Å². The predicted octanol–water partition coefficient (Wildman–Crippen LogP) is 3.38. The van der Waals surface area contributed by atoms with Crippen LogP contribution in [0.1, 0.15) is 41.8 Å². The van der Waals surface area contributed by atoms with Crippen molar-refractivity contribution in [1.29, 1.82) is 0 Å². The highest BCUT2D eigenvalue weighted by atomic mass is 32.2. The molecule has 3 rings (SSSR count). The quantitative estimate of drug-likeness (QED) is 0.588. The third-order valence-electron chi connectivity index (χ3n) is 6.22. The molecule has 0 atom stereocenters. The molecule has 0 N–H and O–H groups in total. The highest BCUT2D eigenvalue weighted by Gasteiger charge is 2.26. The average Bonchev–Trinajstić information content (AvgIpc) is 3.05. The maximum Gasteiger partial charge on any atom is 0.254 e. The zero-order valence-electron chi connectivity index (χ0n) is 20.1. The zero-order valence-corrected chi connectivity index (χ0v) is 20.9. The van der Waals surface area contributed by atoms with Crippen molar-refractivity contribution in [2.45, 2.75) is 38.6 Å². The second kappa shape index (κ2) is 11.1. The van der Waals surface area contributed by atoms with Crippen molar-refractivity contribution in [3.8, 4) is 5.75 Å². The Hall–Kier alpha value is -2.42. The van der Waals surface area contributed by atoms with Gasteiger partial charge in [-0.25, -0.2) is 8.42 Å². The molecule has 0 spiro atoms. The molecule has 1 aliphatic heterocycles. The molecule has 1 aliphatic rings.